The number of ether oxygens (including phenoxy) is 3. The summed E-state index contributed by atoms with van der Waals surface area (Å²) < 4.78 is 16.9. The van der Waals surface area contributed by atoms with Gasteiger partial charge in [-0.1, -0.05) is 258 Å². The minimum absolute atomic E-state index is 0.103. The van der Waals surface area contributed by atoms with Crippen LogP contribution in [0.2, 0.25) is 0 Å². The van der Waals surface area contributed by atoms with Crippen LogP contribution < -0.4 is 0 Å². The minimum Gasteiger partial charge on any atom is -0.462 e. The third kappa shape index (κ3) is 58.6. The van der Waals surface area contributed by atoms with E-state index in [4.69, 9.17) is 14.2 Å². The van der Waals surface area contributed by atoms with Gasteiger partial charge in [0.25, 0.3) is 0 Å². The lowest BCUT2D eigenvalue weighted by molar-refractivity contribution is -0.167. The summed E-state index contributed by atoms with van der Waals surface area (Å²) in [5, 5.41) is 0. The fourth-order valence-electron chi connectivity index (χ4n) is 8.03. The lowest BCUT2D eigenvalue weighted by atomic mass is 10.0. The smallest absolute Gasteiger partial charge is 0.306 e. The standard InChI is InChI=1S/C67H110O6/c1-4-7-10-13-16-19-22-25-28-31-33-36-39-42-45-48-51-54-57-60-66(69)72-63-64(62-71-65(68)59-56-53-50-47-44-41-38-35-30-27-24-21-18-15-12-9-6-3)73-67(70)61-58-55-52-49-46-43-40-37-34-32-29-26-23-20-17-14-11-8-5-2/h7-8,10-11,16-17,19-20,25-26,28-29,33-34,36-37,42-43,45-46,64H,4-6,9,12-15,18,21-24,27,30-32,35,38-41,44,47-63H2,1-3H3/b10-7+,11-8+,19-16+,20-17+,28-25+,29-26+,36-33+,37-34+,45-42+,46-43+/t64-/m1/s1. The first kappa shape index (κ1) is 68.8. The lowest BCUT2D eigenvalue weighted by Crippen LogP contribution is -2.30. The highest BCUT2D eigenvalue weighted by atomic mass is 16.6. The van der Waals surface area contributed by atoms with Crippen molar-refractivity contribution in [1.29, 1.82) is 0 Å². The van der Waals surface area contributed by atoms with Crippen LogP contribution in [0.3, 0.4) is 0 Å². The first-order valence-electron chi connectivity index (χ1n) is 30.0. The highest BCUT2D eigenvalue weighted by Crippen LogP contribution is 2.15. The van der Waals surface area contributed by atoms with Crippen molar-refractivity contribution in [3.05, 3.63) is 122 Å². The van der Waals surface area contributed by atoms with E-state index in [2.05, 4.69) is 142 Å². The molecule has 0 aromatic rings. The average Bonchev–Trinajstić information content (AvgIpc) is 3.39. The Kier molecular flexibility index (Phi) is 56.9. The Morgan fingerprint density at radius 3 is 0.836 bits per heavy atom. The maximum absolute atomic E-state index is 12.9. The highest BCUT2D eigenvalue weighted by molar-refractivity contribution is 5.71. The summed E-state index contributed by atoms with van der Waals surface area (Å²) in [7, 11) is 0. The van der Waals surface area contributed by atoms with Crippen LogP contribution in [0, 0.1) is 0 Å². The number of esters is 3. The van der Waals surface area contributed by atoms with E-state index in [0.29, 0.717) is 12.8 Å². The number of rotatable bonds is 53. The van der Waals surface area contributed by atoms with E-state index >= 15 is 0 Å². The number of hydrogen-bond acceptors (Lipinski definition) is 6. The number of hydrogen-bond donors (Lipinski definition) is 0. The second-order valence-corrected chi connectivity index (χ2v) is 19.5. The van der Waals surface area contributed by atoms with Crippen LogP contribution in [0.25, 0.3) is 0 Å². The molecule has 0 saturated heterocycles. The predicted octanol–water partition coefficient (Wildman–Crippen LogP) is 20.4. The average molecular weight is 1010 g/mol. The van der Waals surface area contributed by atoms with E-state index in [1.54, 1.807) is 0 Å². The van der Waals surface area contributed by atoms with E-state index in [1.165, 1.54) is 89.9 Å². The molecule has 414 valence electrons. The van der Waals surface area contributed by atoms with Gasteiger partial charge in [-0.2, -0.15) is 0 Å². The summed E-state index contributed by atoms with van der Waals surface area (Å²) in [6.07, 6.45) is 83.3. The lowest BCUT2D eigenvalue weighted by Gasteiger charge is -2.18. The molecule has 0 radical (unpaired) electrons. The fraction of sp³-hybridized carbons (Fsp3) is 0.657. The van der Waals surface area contributed by atoms with Gasteiger partial charge in [-0.3, -0.25) is 14.4 Å². The van der Waals surface area contributed by atoms with Crippen molar-refractivity contribution >= 4 is 17.9 Å². The third-order valence-electron chi connectivity index (χ3n) is 12.5. The van der Waals surface area contributed by atoms with Crippen LogP contribution in [0.4, 0.5) is 0 Å². The zero-order chi connectivity index (χ0) is 52.9. The second-order valence-electron chi connectivity index (χ2n) is 19.5. The summed E-state index contributed by atoms with van der Waals surface area (Å²) in [5.41, 5.74) is 0. The molecule has 0 aromatic carbocycles. The second kappa shape index (κ2) is 60.4. The quantitative estimate of drug-likeness (QED) is 0.0261. The highest BCUT2D eigenvalue weighted by Gasteiger charge is 2.19. The van der Waals surface area contributed by atoms with Crippen LogP contribution in [0.15, 0.2) is 122 Å². The monoisotopic (exact) mass is 1010 g/mol. The van der Waals surface area contributed by atoms with Crippen molar-refractivity contribution in [1.82, 2.24) is 0 Å². The molecule has 0 bridgehead atoms. The summed E-state index contributed by atoms with van der Waals surface area (Å²) in [6.45, 7) is 6.37. The Hall–Kier alpha value is -4.19. The molecule has 0 fully saturated rings. The molecule has 0 spiro atoms. The van der Waals surface area contributed by atoms with Crippen LogP contribution in [0.5, 0.6) is 0 Å². The minimum atomic E-state index is -0.812. The summed E-state index contributed by atoms with van der Waals surface area (Å²) in [5.74, 6) is -0.966. The first-order chi connectivity index (χ1) is 36.0. The van der Waals surface area contributed by atoms with Gasteiger partial charge in [-0.15, -0.1) is 0 Å². The molecule has 0 aromatic heterocycles. The Labute approximate surface area is 450 Å². The molecular formula is C67H110O6. The van der Waals surface area contributed by atoms with Gasteiger partial charge in [0, 0.05) is 19.3 Å². The van der Waals surface area contributed by atoms with E-state index in [0.717, 1.165) is 135 Å². The Balaban J connectivity index is 4.52. The Morgan fingerprint density at radius 2 is 0.534 bits per heavy atom. The molecule has 0 saturated carbocycles. The Bertz CT molecular complexity index is 1540. The van der Waals surface area contributed by atoms with Gasteiger partial charge in [-0.05, 0) is 109 Å². The largest absolute Gasteiger partial charge is 0.462 e. The van der Waals surface area contributed by atoms with E-state index in [1.807, 2.05) is 0 Å². The fourth-order valence-corrected chi connectivity index (χ4v) is 8.03. The van der Waals surface area contributed by atoms with Crippen molar-refractivity contribution < 1.29 is 28.6 Å². The van der Waals surface area contributed by atoms with Crippen LogP contribution in [0.1, 0.15) is 265 Å². The van der Waals surface area contributed by atoms with Gasteiger partial charge in [0.05, 0.1) is 0 Å². The molecule has 0 amide bonds. The number of unbranched alkanes of at least 4 members (excludes halogenated alkanes) is 22. The molecule has 0 unspecified atom stereocenters. The van der Waals surface area contributed by atoms with Crippen LogP contribution >= 0.6 is 0 Å². The van der Waals surface area contributed by atoms with Crippen molar-refractivity contribution in [2.45, 2.75) is 271 Å². The first-order valence-corrected chi connectivity index (χ1v) is 30.0. The molecule has 0 aliphatic carbocycles. The van der Waals surface area contributed by atoms with Gasteiger partial charge in [0.2, 0.25) is 0 Å². The van der Waals surface area contributed by atoms with Gasteiger partial charge in [-0.25, -0.2) is 0 Å². The van der Waals surface area contributed by atoms with Crippen molar-refractivity contribution in [2.24, 2.45) is 0 Å². The molecular weight excluding hydrogens is 901 g/mol. The molecule has 0 N–H and O–H groups in total. The van der Waals surface area contributed by atoms with Crippen LogP contribution in [-0.2, 0) is 28.6 Å². The third-order valence-corrected chi connectivity index (χ3v) is 12.5. The molecule has 0 heterocycles. The van der Waals surface area contributed by atoms with Crippen molar-refractivity contribution in [2.75, 3.05) is 13.2 Å². The van der Waals surface area contributed by atoms with E-state index < -0.39 is 6.10 Å². The van der Waals surface area contributed by atoms with Gasteiger partial charge in [0.15, 0.2) is 6.10 Å². The summed E-state index contributed by atoms with van der Waals surface area (Å²) in [6, 6.07) is 0. The predicted molar refractivity (Wildman–Crippen MR) is 316 cm³/mol. The van der Waals surface area contributed by atoms with Crippen molar-refractivity contribution in [3.63, 3.8) is 0 Å². The SMILES string of the molecule is CC/C=C/C/C=C/C/C=C/C/C=C/C/C=C/CCCCCC(=O)OC[C@@H](COC(=O)CCCCCCCCCCCCCCCCCCC)OC(=O)CCCCC/C=C/C/C=C/C/C=C/C/C=C/C/C=C/CC. The van der Waals surface area contributed by atoms with Gasteiger partial charge >= 0.3 is 17.9 Å². The van der Waals surface area contributed by atoms with E-state index in [9.17, 15) is 14.4 Å². The zero-order valence-electron chi connectivity index (χ0n) is 47.4. The number of allylic oxidation sites excluding steroid dienone is 20. The normalized spacial score (nSPS) is 13.0. The number of carbonyl (C=O) groups excluding carboxylic acids is 3. The number of carbonyl (C=O) groups is 3. The molecule has 0 rings (SSSR count). The molecule has 0 aliphatic heterocycles. The summed E-state index contributed by atoms with van der Waals surface area (Å²) >= 11 is 0. The maximum Gasteiger partial charge on any atom is 0.306 e. The molecule has 73 heavy (non-hydrogen) atoms. The topological polar surface area (TPSA) is 78.9 Å². The van der Waals surface area contributed by atoms with Gasteiger partial charge < -0.3 is 14.2 Å². The maximum atomic E-state index is 12.9. The molecule has 1 atom stereocenters. The Morgan fingerprint density at radius 1 is 0.288 bits per heavy atom. The van der Waals surface area contributed by atoms with Gasteiger partial charge in [0.1, 0.15) is 13.2 Å². The zero-order valence-corrected chi connectivity index (χ0v) is 47.4. The van der Waals surface area contributed by atoms with Crippen molar-refractivity contribution in [3.8, 4) is 0 Å². The molecule has 0 aliphatic rings. The molecule has 6 nitrogen and oxygen atoms in total. The molecule has 6 heteroatoms. The summed E-state index contributed by atoms with van der Waals surface area (Å²) in [4.78, 5) is 38.3. The van der Waals surface area contributed by atoms with Crippen LogP contribution in [-0.4, -0.2) is 37.2 Å². The van der Waals surface area contributed by atoms with E-state index in [-0.39, 0.29) is 37.5 Å².